The average molecular weight is 370 g/mol. The van der Waals surface area contributed by atoms with Gasteiger partial charge in [0.05, 0.1) is 0 Å². The Kier molecular flexibility index (Phi) is 7.88. The SMILES string of the molecule is CCCN(Cc1ccccc1)C[C@H](O)COc1ccc(C(C)(C)C)cc1C. The molecule has 2 aromatic rings. The van der Waals surface area contributed by atoms with Gasteiger partial charge in [0.1, 0.15) is 18.5 Å². The van der Waals surface area contributed by atoms with E-state index in [1.807, 2.05) is 12.1 Å². The molecule has 0 bridgehead atoms. The second-order valence-electron chi connectivity index (χ2n) is 8.42. The highest BCUT2D eigenvalue weighted by molar-refractivity contribution is 5.38. The summed E-state index contributed by atoms with van der Waals surface area (Å²) in [6.45, 7) is 13.6. The number of aryl methyl sites for hydroxylation is 1. The van der Waals surface area contributed by atoms with Crippen molar-refractivity contribution in [3.63, 3.8) is 0 Å². The monoisotopic (exact) mass is 369 g/mol. The Hall–Kier alpha value is -1.84. The molecule has 148 valence electrons. The van der Waals surface area contributed by atoms with Crippen LogP contribution in [0.2, 0.25) is 0 Å². The van der Waals surface area contributed by atoms with Crippen LogP contribution in [0.4, 0.5) is 0 Å². The number of hydrogen-bond acceptors (Lipinski definition) is 3. The Morgan fingerprint density at radius 1 is 1.07 bits per heavy atom. The molecule has 0 spiro atoms. The Bertz CT molecular complexity index is 691. The van der Waals surface area contributed by atoms with Crippen LogP contribution >= 0.6 is 0 Å². The molecule has 0 aliphatic rings. The molecule has 0 radical (unpaired) electrons. The first kappa shape index (κ1) is 21.5. The lowest BCUT2D eigenvalue weighted by atomic mass is 9.86. The predicted molar refractivity (Wildman–Crippen MR) is 113 cm³/mol. The maximum atomic E-state index is 10.5. The normalized spacial score (nSPS) is 13.0. The van der Waals surface area contributed by atoms with Crippen LogP contribution in [-0.2, 0) is 12.0 Å². The van der Waals surface area contributed by atoms with E-state index in [0.717, 1.165) is 30.8 Å². The van der Waals surface area contributed by atoms with Crippen LogP contribution < -0.4 is 4.74 Å². The molecule has 1 N–H and O–H groups in total. The fourth-order valence-corrected chi connectivity index (χ4v) is 3.21. The summed E-state index contributed by atoms with van der Waals surface area (Å²) in [7, 11) is 0. The van der Waals surface area contributed by atoms with Gasteiger partial charge in [-0.1, -0.05) is 70.2 Å². The van der Waals surface area contributed by atoms with Gasteiger partial charge >= 0.3 is 0 Å². The zero-order valence-electron chi connectivity index (χ0n) is 17.5. The maximum Gasteiger partial charge on any atom is 0.122 e. The van der Waals surface area contributed by atoms with Gasteiger partial charge in [0.15, 0.2) is 0 Å². The van der Waals surface area contributed by atoms with Crippen LogP contribution in [0.1, 0.15) is 50.8 Å². The molecule has 2 rings (SSSR count). The second kappa shape index (κ2) is 9.91. The van der Waals surface area contributed by atoms with Gasteiger partial charge in [-0.25, -0.2) is 0 Å². The third-order valence-electron chi connectivity index (χ3n) is 4.73. The van der Waals surface area contributed by atoms with Crippen LogP contribution in [0, 0.1) is 6.92 Å². The highest BCUT2D eigenvalue weighted by Gasteiger charge is 2.16. The van der Waals surface area contributed by atoms with Crippen molar-refractivity contribution >= 4 is 0 Å². The van der Waals surface area contributed by atoms with E-state index in [1.54, 1.807) is 0 Å². The molecule has 3 nitrogen and oxygen atoms in total. The molecule has 1 atom stereocenters. The standard InChI is InChI=1S/C24H35NO2/c1-6-14-25(16-20-10-8-7-9-11-20)17-22(26)18-27-23-13-12-21(15-19(23)2)24(3,4)5/h7-13,15,22,26H,6,14,16-18H2,1-5H3/t22-/m0/s1. The van der Waals surface area contributed by atoms with Gasteiger partial charge in [0.25, 0.3) is 0 Å². The Morgan fingerprint density at radius 3 is 2.37 bits per heavy atom. The molecule has 0 heterocycles. The lowest BCUT2D eigenvalue weighted by Gasteiger charge is -2.25. The zero-order chi connectivity index (χ0) is 19.9. The van der Waals surface area contributed by atoms with Crippen LogP contribution in [0.25, 0.3) is 0 Å². The number of ether oxygens (including phenoxy) is 1. The van der Waals surface area contributed by atoms with Crippen molar-refractivity contribution in [3.05, 3.63) is 65.2 Å². The van der Waals surface area contributed by atoms with Crippen LogP contribution in [0.15, 0.2) is 48.5 Å². The van der Waals surface area contributed by atoms with Crippen molar-refractivity contribution in [2.45, 2.75) is 59.1 Å². The van der Waals surface area contributed by atoms with E-state index in [0.29, 0.717) is 13.2 Å². The molecule has 2 aromatic carbocycles. The van der Waals surface area contributed by atoms with Gasteiger partial charge in [0, 0.05) is 13.1 Å². The fraction of sp³-hybridized carbons (Fsp3) is 0.500. The average Bonchev–Trinajstić information content (AvgIpc) is 2.61. The van der Waals surface area contributed by atoms with Gasteiger partial charge in [-0.3, -0.25) is 4.90 Å². The number of aliphatic hydroxyl groups excluding tert-OH is 1. The Morgan fingerprint density at radius 2 is 1.78 bits per heavy atom. The van der Waals surface area contributed by atoms with Crippen LogP contribution in [0.3, 0.4) is 0 Å². The van der Waals surface area contributed by atoms with E-state index in [4.69, 9.17) is 4.74 Å². The highest BCUT2D eigenvalue weighted by Crippen LogP contribution is 2.27. The van der Waals surface area contributed by atoms with Gasteiger partial charge in [0.2, 0.25) is 0 Å². The van der Waals surface area contributed by atoms with E-state index in [-0.39, 0.29) is 5.41 Å². The van der Waals surface area contributed by atoms with Gasteiger partial charge in [-0.15, -0.1) is 0 Å². The summed E-state index contributed by atoms with van der Waals surface area (Å²) in [5.41, 5.74) is 3.81. The second-order valence-corrected chi connectivity index (χ2v) is 8.42. The van der Waals surface area contributed by atoms with Gasteiger partial charge < -0.3 is 9.84 Å². The predicted octanol–water partition coefficient (Wildman–Crippen LogP) is 4.94. The topological polar surface area (TPSA) is 32.7 Å². The maximum absolute atomic E-state index is 10.5. The summed E-state index contributed by atoms with van der Waals surface area (Å²) in [5, 5.41) is 10.5. The van der Waals surface area contributed by atoms with Crippen molar-refractivity contribution < 1.29 is 9.84 Å². The van der Waals surface area contributed by atoms with Crippen molar-refractivity contribution in [2.24, 2.45) is 0 Å². The molecule has 27 heavy (non-hydrogen) atoms. The van der Waals surface area contributed by atoms with Crippen molar-refractivity contribution in [2.75, 3.05) is 19.7 Å². The van der Waals surface area contributed by atoms with Crippen LogP contribution in [-0.4, -0.2) is 35.8 Å². The number of aliphatic hydroxyl groups is 1. The zero-order valence-corrected chi connectivity index (χ0v) is 17.5. The lowest BCUT2D eigenvalue weighted by Crippen LogP contribution is -2.35. The molecule has 0 aliphatic carbocycles. The van der Waals surface area contributed by atoms with Gasteiger partial charge in [-0.05, 0) is 48.1 Å². The van der Waals surface area contributed by atoms with E-state index in [9.17, 15) is 5.11 Å². The molecule has 0 saturated heterocycles. The Balaban J connectivity index is 1.91. The first-order valence-electron chi connectivity index (χ1n) is 9.98. The summed E-state index contributed by atoms with van der Waals surface area (Å²) >= 11 is 0. The third kappa shape index (κ3) is 7.00. The smallest absolute Gasteiger partial charge is 0.122 e. The van der Waals surface area contributed by atoms with E-state index in [2.05, 4.69) is 75.9 Å². The number of rotatable bonds is 9. The van der Waals surface area contributed by atoms with Crippen molar-refractivity contribution in [3.8, 4) is 5.75 Å². The summed E-state index contributed by atoms with van der Waals surface area (Å²) in [5.74, 6) is 0.854. The first-order chi connectivity index (χ1) is 12.8. The fourth-order valence-electron chi connectivity index (χ4n) is 3.21. The molecule has 0 saturated carbocycles. The summed E-state index contributed by atoms with van der Waals surface area (Å²) in [6, 6.07) is 16.7. The minimum Gasteiger partial charge on any atom is -0.491 e. The molecular formula is C24H35NO2. The molecule has 3 heteroatoms. The van der Waals surface area contributed by atoms with E-state index < -0.39 is 6.10 Å². The molecule has 0 unspecified atom stereocenters. The quantitative estimate of drug-likeness (QED) is 0.679. The van der Waals surface area contributed by atoms with Gasteiger partial charge in [-0.2, -0.15) is 0 Å². The number of nitrogens with zero attached hydrogens (tertiary/aromatic N) is 1. The van der Waals surface area contributed by atoms with Crippen molar-refractivity contribution in [1.82, 2.24) is 4.90 Å². The minimum absolute atomic E-state index is 0.126. The largest absolute Gasteiger partial charge is 0.491 e. The lowest BCUT2D eigenvalue weighted by molar-refractivity contribution is 0.0653. The summed E-state index contributed by atoms with van der Waals surface area (Å²) < 4.78 is 5.92. The molecule has 0 amide bonds. The van der Waals surface area contributed by atoms with E-state index in [1.165, 1.54) is 11.1 Å². The van der Waals surface area contributed by atoms with Crippen LogP contribution in [0.5, 0.6) is 5.75 Å². The molecule has 0 fully saturated rings. The molecule has 0 aliphatic heterocycles. The Labute approximate surface area is 165 Å². The summed E-state index contributed by atoms with van der Waals surface area (Å²) in [4.78, 5) is 2.29. The molecule has 0 aromatic heterocycles. The van der Waals surface area contributed by atoms with E-state index >= 15 is 0 Å². The summed E-state index contributed by atoms with van der Waals surface area (Å²) in [6.07, 6.45) is 0.551. The van der Waals surface area contributed by atoms with Crippen molar-refractivity contribution in [1.29, 1.82) is 0 Å². The minimum atomic E-state index is -0.512. The number of benzene rings is 2. The number of hydrogen-bond donors (Lipinski definition) is 1. The first-order valence-corrected chi connectivity index (χ1v) is 9.98. The molecular weight excluding hydrogens is 334 g/mol. The third-order valence-corrected chi connectivity index (χ3v) is 4.73. The highest BCUT2D eigenvalue weighted by atomic mass is 16.5.